The molecule has 2 saturated heterocycles. The van der Waals surface area contributed by atoms with Crippen LogP contribution in [-0.2, 0) is 35.8 Å². The Hall–Kier alpha value is -2.54. The molecule has 3 N–H and O–H groups in total. The fourth-order valence-corrected chi connectivity index (χ4v) is 6.07. The standard InChI is InChI=1S/C24H36N4O7S/c1-4-35-24(32)19(11-10-17-8-6-5-7-9-17)26-16(2)22(29)28-20(23(30)31)14-18-12-13-27(15-21(18)28)36(33,34)25-3/h5-9,16,18-21,25-26H,4,10-15H2,1-3H3,(H,30,31). The maximum Gasteiger partial charge on any atom is 0.326 e. The quantitative estimate of drug-likeness (QED) is 0.352. The van der Waals surface area contributed by atoms with E-state index < -0.39 is 52.2 Å². The molecule has 36 heavy (non-hydrogen) atoms. The molecule has 0 bridgehead atoms. The topological polar surface area (TPSA) is 145 Å². The van der Waals surface area contributed by atoms with E-state index in [1.54, 1.807) is 13.8 Å². The number of nitrogens with zero attached hydrogens (tertiary/aromatic N) is 2. The number of carbonyl (C=O) groups excluding carboxylic acids is 2. The van der Waals surface area contributed by atoms with Crippen molar-refractivity contribution >= 4 is 28.1 Å². The van der Waals surface area contributed by atoms with Gasteiger partial charge >= 0.3 is 11.9 Å². The first-order chi connectivity index (χ1) is 17.1. The highest BCUT2D eigenvalue weighted by atomic mass is 32.2. The van der Waals surface area contributed by atoms with E-state index in [1.165, 1.54) is 16.3 Å². The predicted octanol–water partition coefficient (Wildman–Crippen LogP) is 0.369. The number of hydrogen-bond donors (Lipinski definition) is 3. The van der Waals surface area contributed by atoms with Crippen LogP contribution in [0, 0.1) is 5.92 Å². The fourth-order valence-electron chi connectivity index (χ4n) is 5.12. The third kappa shape index (κ3) is 6.41. The van der Waals surface area contributed by atoms with Gasteiger partial charge < -0.3 is 14.7 Å². The van der Waals surface area contributed by atoms with Crippen molar-refractivity contribution in [2.24, 2.45) is 5.92 Å². The Bertz CT molecular complexity index is 1040. The Kier molecular flexibility index (Phi) is 9.45. The number of amides is 1. The average Bonchev–Trinajstić information content (AvgIpc) is 3.25. The second-order valence-corrected chi connectivity index (χ2v) is 11.1. The number of carboxylic acid groups (broad SMARTS) is 1. The van der Waals surface area contributed by atoms with Crippen LogP contribution in [0.25, 0.3) is 0 Å². The van der Waals surface area contributed by atoms with Gasteiger partial charge in [-0.25, -0.2) is 9.52 Å². The fraction of sp³-hybridized carbons (Fsp3) is 0.625. The van der Waals surface area contributed by atoms with Gasteiger partial charge in [-0.05, 0) is 51.0 Å². The Morgan fingerprint density at radius 2 is 1.92 bits per heavy atom. The van der Waals surface area contributed by atoms with E-state index >= 15 is 0 Å². The number of nitrogens with one attached hydrogen (secondary N) is 2. The van der Waals surface area contributed by atoms with Crippen molar-refractivity contribution in [3.8, 4) is 0 Å². The highest BCUT2D eigenvalue weighted by molar-refractivity contribution is 7.87. The number of aryl methyl sites for hydroxylation is 1. The molecule has 11 nitrogen and oxygen atoms in total. The first-order valence-corrected chi connectivity index (χ1v) is 13.7. The molecule has 0 spiro atoms. The second kappa shape index (κ2) is 12.1. The zero-order chi connectivity index (χ0) is 26.5. The van der Waals surface area contributed by atoms with Gasteiger partial charge in [0.15, 0.2) is 0 Å². The molecular formula is C24H36N4O7S. The zero-order valence-electron chi connectivity index (χ0n) is 20.9. The summed E-state index contributed by atoms with van der Waals surface area (Å²) in [5.74, 6) is -2.21. The van der Waals surface area contributed by atoms with Crippen LogP contribution in [0.5, 0.6) is 0 Å². The summed E-state index contributed by atoms with van der Waals surface area (Å²) in [6.45, 7) is 3.77. The molecule has 3 rings (SSSR count). The maximum absolute atomic E-state index is 13.6. The average molecular weight is 525 g/mol. The number of likely N-dealkylation sites (tertiary alicyclic amines) is 1. The van der Waals surface area contributed by atoms with Crippen molar-refractivity contribution < 1.29 is 32.6 Å². The normalized spacial score (nSPS) is 24.1. The lowest BCUT2D eigenvalue weighted by Gasteiger charge is -2.39. The Labute approximate surface area is 212 Å². The summed E-state index contributed by atoms with van der Waals surface area (Å²) in [6, 6.07) is 6.36. The van der Waals surface area contributed by atoms with Gasteiger partial charge in [-0.3, -0.25) is 14.9 Å². The maximum atomic E-state index is 13.6. The molecule has 1 aromatic carbocycles. The molecule has 0 saturated carbocycles. The summed E-state index contributed by atoms with van der Waals surface area (Å²) >= 11 is 0. The number of piperidine rings is 1. The summed E-state index contributed by atoms with van der Waals surface area (Å²) in [5, 5.41) is 12.9. The number of hydrogen-bond acceptors (Lipinski definition) is 7. The predicted molar refractivity (Wildman–Crippen MR) is 132 cm³/mol. The van der Waals surface area contributed by atoms with Gasteiger partial charge in [0.1, 0.15) is 12.1 Å². The Balaban J connectivity index is 1.77. The van der Waals surface area contributed by atoms with Crippen molar-refractivity contribution in [1.82, 2.24) is 19.2 Å². The molecular weight excluding hydrogens is 488 g/mol. The van der Waals surface area contributed by atoms with E-state index in [9.17, 15) is 27.9 Å². The zero-order valence-corrected chi connectivity index (χ0v) is 21.7. The largest absolute Gasteiger partial charge is 0.480 e. The van der Waals surface area contributed by atoms with Crippen molar-refractivity contribution in [2.45, 2.75) is 63.7 Å². The number of carbonyl (C=O) groups is 3. The number of rotatable bonds is 11. The van der Waals surface area contributed by atoms with E-state index in [4.69, 9.17) is 4.74 Å². The third-order valence-corrected chi connectivity index (χ3v) is 8.53. The van der Waals surface area contributed by atoms with Crippen LogP contribution in [0.4, 0.5) is 0 Å². The lowest BCUT2D eigenvalue weighted by Crippen LogP contribution is -2.59. The van der Waals surface area contributed by atoms with Gasteiger partial charge in [0.2, 0.25) is 5.91 Å². The molecule has 1 aromatic rings. The molecule has 0 radical (unpaired) electrons. The van der Waals surface area contributed by atoms with Gasteiger partial charge in [0, 0.05) is 26.2 Å². The summed E-state index contributed by atoms with van der Waals surface area (Å²) in [7, 11) is -2.40. The number of ether oxygens (including phenoxy) is 1. The number of aliphatic carboxylic acids is 1. The minimum Gasteiger partial charge on any atom is -0.480 e. The van der Waals surface area contributed by atoms with E-state index in [0.29, 0.717) is 19.3 Å². The SMILES string of the molecule is CCOC(=O)C(CCc1ccccc1)NC(C)C(=O)N1C(C(=O)O)CC2CCN(S(=O)(=O)NC)CC21. The van der Waals surface area contributed by atoms with E-state index in [-0.39, 0.29) is 32.0 Å². The molecule has 12 heteroatoms. The molecule has 5 unspecified atom stereocenters. The van der Waals surface area contributed by atoms with E-state index in [2.05, 4.69) is 10.0 Å². The highest BCUT2D eigenvalue weighted by Crippen LogP contribution is 2.37. The molecule has 0 aliphatic carbocycles. The summed E-state index contributed by atoms with van der Waals surface area (Å²) < 4.78 is 33.5. The van der Waals surface area contributed by atoms with Crippen LogP contribution in [0.1, 0.15) is 38.7 Å². The van der Waals surface area contributed by atoms with E-state index in [1.807, 2.05) is 30.3 Å². The highest BCUT2D eigenvalue weighted by Gasteiger charge is 2.51. The number of fused-ring (bicyclic) bond motifs is 1. The van der Waals surface area contributed by atoms with Gasteiger partial charge in [-0.1, -0.05) is 30.3 Å². The van der Waals surface area contributed by atoms with Gasteiger partial charge in [-0.15, -0.1) is 0 Å². The number of esters is 1. The van der Waals surface area contributed by atoms with Crippen molar-refractivity contribution in [2.75, 3.05) is 26.7 Å². The lowest BCUT2D eigenvalue weighted by atomic mass is 9.92. The first-order valence-electron chi connectivity index (χ1n) is 12.3. The van der Waals surface area contributed by atoms with Crippen molar-refractivity contribution in [1.29, 1.82) is 0 Å². The monoisotopic (exact) mass is 524 g/mol. The van der Waals surface area contributed by atoms with Crippen LogP contribution < -0.4 is 10.0 Å². The minimum absolute atomic E-state index is 0.0192. The smallest absolute Gasteiger partial charge is 0.326 e. The van der Waals surface area contributed by atoms with Gasteiger partial charge in [-0.2, -0.15) is 12.7 Å². The van der Waals surface area contributed by atoms with E-state index in [0.717, 1.165) is 5.56 Å². The summed E-state index contributed by atoms with van der Waals surface area (Å²) in [5.41, 5.74) is 1.04. The molecule has 2 fully saturated rings. The third-order valence-electron chi connectivity index (χ3n) is 7.00. The van der Waals surface area contributed by atoms with Crippen LogP contribution in [0.15, 0.2) is 30.3 Å². The molecule has 0 aromatic heterocycles. The minimum atomic E-state index is -3.72. The molecule has 5 atom stereocenters. The van der Waals surface area contributed by atoms with Crippen molar-refractivity contribution in [3.05, 3.63) is 35.9 Å². The summed E-state index contributed by atoms with van der Waals surface area (Å²) in [4.78, 5) is 39.6. The number of carboxylic acids is 1. The second-order valence-electron chi connectivity index (χ2n) is 9.24. The molecule has 2 aliphatic heterocycles. The lowest BCUT2D eigenvalue weighted by molar-refractivity contribution is -0.152. The Morgan fingerprint density at radius 3 is 2.53 bits per heavy atom. The Morgan fingerprint density at radius 1 is 1.22 bits per heavy atom. The molecule has 200 valence electrons. The summed E-state index contributed by atoms with van der Waals surface area (Å²) in [6.07, 6.45) is 1.70. The van der Waals surface area contributed by atoms with Crippen LogP contribution >= 0.6 is 0 Å². The van der Waals surface area contributed by atoms with Gasteiger partial charge in [0.25, 0.3) is 10.2 Å². The van der Waals surface area contributed by atoms with Gasteiger partial charge in [0.05, 0.1) is 12.6 Å². The molecule has 2 aliphatic rings. The first kappa shape index (κ1) is 28.0. The molecule has 1 amide bonds. The van der Waals surface area contributed by atoms with Crippen LogP contribution in [-0.4, -0.2) is 91.5 Å². The number of benzene rings is 1. The molecule has 2 heterocycles. The van der Waals surface area contributed by atoms with Crippen molar-refractivity contribution in [3.63, 3.8) is 0 Å². The van der Waals surface area contributed by atoms with Crippen LogP contribution in [0.2, 0.25) is 0 Å². The van der Waals surface area contributed by atoms with Crippen LogP contribution in [0.3, 0.4) is 0 Å².